The first kappa shape index (κ1) is 20.8. The van der Waals surface area contributed by atoms with Crippen LogP contribution in [0.3, 0.4) is 0 Å². The molecule has 1 aliphatic rings. The molecule has 2 aromatic carbocycles. The number of hydrogen-bond acceptors (Lipinski definition) is 6. The highest BCUT2D eigenvalue weighted by atomic mass is 19.1. The first-order valence-corrected chi connectivity index (χ1v) is 8.81. The van der Waals surface area contributed by atoms with Gasteiger partial charge >= 0.3 is 6.03 Å². The van der Waals surface area contributed by atoms with Gasteiger partial charge in [-0.1, -0.05) is 12.1 Å². The molecular weight excluding hydrogens is 395 g/mol. The smallest absolute Gasteiger partial charge is 0.331 e. The lowest BCUT2D eigenvalue weighted by atomic mass is 10.1. The van der Waals surface area contributed by atoms with Gasteiger partial charge in [0.2, 0.25) is 5.75 Å². The molecule has 1 saturated heterocycles. The molecule has 1 aliphatic heterocycles. The predicted molar refractivity (Wildman–Crippen MR) is 105 cm³/mol. The molecule has 4 amide bonds. The molecule has 0 radical (unpaired) electrons. The van der Waals surface area contributed by atoms with E-state index in [1.165, 1.54) is 51.7 Å². The first-order chi connectivity index (χ1) is 14.4. The minimum atomic E-state index is -0.851. The molecule has 8 nitrogen and oxygen atoms in total. The van der Waals surface area contributed by atoms with Crippen molar-refractivity contribution in [1.82, 2.24) is 10.2 Å². The summed E-state index contributed by atoms with van der Waals surface area (Å²) in [6.07, 6.45) is 1.33. The van der Waals surface area contributed by atoms with Gasteiger partial charge in [0, 0.05) is 0 Å². The number of hydrogen-bond donors (Lipinski definition) is 1. The number of barbiturate groups is 1. The first-order valence-electron chi connectivity index (χ1n) is 8.81. The Morgan fingerprint density at radius 3 is 2.10 bits per heavy atom. The van der Waals surface area contributed by atoms with Crippen molar-refractivity contribution in [3.63, 3.8) is 0 Å². The van der Waals surface area contributed by atoms with Crippen LogP contribution in [0.25, 0.3) is 6.08 Å². The molecule has 1 N–H and O–H groups in total. The number of carbonyl (C=O) groups is 3. The standard InChI is InChI=1S/C21H19FN2O6/c1-28-16-9-13(10-17(29-2)18(16)30-3)8-15-19(25)23-21(27)24(20(15)26)11-12-4-6-14(22)7-5-12/h4-10H,11H2,1-3H3,(H,23,25,27). The van der Waals surface area contributed by atoms with Gasteiger partial charge in [0.15, 0.2) is 11.5 Å². The Hall–Kier alpha value is -3.88. The van der Waals surface area contributed by atoms with Gasteiger partial charge in [-0.2, -0.15) is 0 Å². The van der Waals surface area contributed by atoms with Crippen LogP contribution in [0.1, 0.15) is 11.1 Å². The van der Waals surface area contributed by atoms with Gasteiger partial charge < -0.3 is 14.2 Å². The van der Waals surface area contributed by atoms with Crippen LogP contribution in [-0.2, 0) is 16.1 Å². The van der Waals surface area contributed by atoms with Gasteiger partial charge in [0.25, 0.3) is 11.8 Å². The van der Waals surface area contributed by atoms with E-state index in [9.17, 15) is 18.8 Å². The van der Waals surface area contributed by atoms with Gasteiger partial charge in [0.1, 0.15) is 11.4 Å². The average molecular weight is 414 g/mol. The number of ether oxygens (including phenoxy) is 3. The number of nitrogens with zero attached hydrogens (tertiary/aromatic N) is 1. The number of nitrogens with one attached hydrogen (secondary N) is 1. The molecular formula is C21H19FN2O6. The molecule has 0 saturated carbocycles. The molecule has 0 aromatic heterocycles. The lowest BCUT2D eigenvalue weighted by Crippen LogP contribution is -2.53. The third-order valence-electron chi connectivity index (χ3n) is 4.44. The number of benzene rings is 2. The lowest BCUT2D eigenvalue weighted by Gasteiger charge is -2.26. The van der Waals surface area contributed by atoms with E-state index in [0.717, 1.165) is 4.90 Å². The zero-order chi connectivity index (χ0) is 21.8. The number of halogens is 1. The maximum absolute atomic E-state index is 13.1. The monoisotopic (exact) mass is 414 g/mol. The van der Waals surface area contributed by atoms with Crippen molar-refractivity contribution in [3.05, 3.63) is 58.9 Å². The number of rotatable bonds is 6. The van der Waals surface area contributed by atoms with E-state index in [2.05, 4.69) is 5.32 Å². The second-order valence-corrected chi connectivity index (χ2v) is 6.29. The van der Waals surface area contributed by atoms with Crippen molar-refractivity contribution in [2.45, 2.75) is 6.54 Å². The SMILES string of the molecule is COc1cc(C=C2C(=O)NC(=O)N(Cc3ccc(F)cc3)C2=O)cc(OC)c1OC. The fourth-order valence-electron chi connectivity index (χ4n) is 2.96. The highest BCUT2D eigenvalue weighted by Gasteiger charge is 2.35. The number of imide groups is 2. The van der Waals surface area contributed by atoms with Crippen LogP contribution >= 0.6 is 0 Å². The van der Waals surface area contributed by atoms with Gasteiger partial charge in [-0.3, -0.25) is 19.8 Å². The molecule has 0 unspecified atom stereocenters. The molecule has 0 aliphatic carbocycles. The van der Waals surface area contributed by atoms with Gasteiger partial charge in [-0.25, -0.2) is 9.18 Å². The average Bonchev–Trinajstić information content (AvgIpc) is 2.74. The van der Waals surface area contributed by atoms with Crippen LogP contribution in [0.4, 0.5) is 9.18 Å². The van der Waals surface area contributed by atoms with E-state index in [-0.39, 0.29) is 12.1 Å². The summed E-state index contributed by atoms with van der Waals surface area (Å²) in [5, 5.41) is 2.14. The number of amides is 4. The molecule has 0 spiro atoms. The third-order valence-corrected chi connectivity index (χ3v) is 4.44. The summed E-state index contributed by atoms with van der Waals surface area (Å²) in [5.74, 6) is -1.00. The minimum Gasteiger partial charge on any atom is -0.493 e. The Labute approximate surface area is 171 Å². The van der Waals surface area contributed by atoms with Crippen LogP contribution in [0.15, 0.2) is 42.0 Å². The Balaban J connectivity index is 1.97. The van der Waals surface area contributed by atoms with Crippen molar-refractivity contribution >= 4 is 23.9 Å². The van der Waals surface area contributed by atoms with Crippen molar-refractivity contribution in [1.29, 1.82) is 0 Å². The summed E-state index contributed by atoms with van der Waals surface area (Å²) in [6.45, 7) is -0.120. The van der Waals surface area contributed by atoms with E-state index in [0.29, 0.717) is 28.4 Å². The number of urea groups is 1. The maximum Gasteiger partial charge on any atom is 0.331 e. The number of methoxy groups -OCH3 is 3. The molecule has 3 rings (SSSR count). The minimum absolute atomic E-state index is 0.120. The fourth-order valence-corrected chi connectivity index (χ4v) is 2.96. The summed E-state index contributed by atoms with van der Waals surface area (Å²) < 4.78 is 28.9. The van der Waals surface area contributed by atoms with E-state index < -0.39 is 23.7 Å². The molecule has 2 aromatic rings. The summed E-state index contributed by atoms with van der Waals surface area (Å²) in [6, 6.07) is 7.63. The second kappa shape index (κ2) is 8.64. The third kappa shape index (κ3) is 4.09. The Bertz CT molecular complexity index is 1010. The molecule has 30 heavy (non-hydrogen) atoms. The van der Waals surface area contributed by atoms with Gasteiger partial charge in [-0.05, 0) is 41.5 Å². The van der Waals surface area contributed by atoms with Gasteiger partial charge in [-0.15, -0.1) is 0 Å². The fraction of sp³-hybridized carbons (Fsp3) is 0.190. The highest BCUT2D eigenvalue weighted by Crippen LogP contribution is 2.38. The molecule has 0 atom stereocenters. The zero-order valence-electron chi connectivity index (χ0n) is 16.5. The second-order valence-electron chi connectivity index (χ2n) is 6.29. The Morgan fingerprint density at radius 2 is 1.57 bits per heavy atom. The zero-order valence-corrected chi connectivity index (χ0v) is 16.5. The maximum atomic E-state index is 13.1. The van der Waals surface area contributed by atoms with Crippen LogP contribution < -0.4 is 19.5 Å². The van der Waals surface area contributed by atoms with E-state index in [1.807, 2.05) is 0 Å². The Morgan fingerprint density at radius 1 is 0.967 bits per heavy atom. The van der Waals surface area contributed by atoms with Crippen molar-refractivity contribution in [3.8, 4) is 17.2 Å². The molecule has 1 heterocycles. The molecule has 9 heteroatoms. The van der Waals surface area contributed by atoms with Gasteiger partial charge in [0.05, 0.1) is 27.9 Å². The quantitative estimate of drug-likeness (QED) is 0.577. The van der Waals surface area contributed by atoms with E-state index in [4.69, 9.17) is 14.2 Å². The summed E-state index contributed by atoms with van der Waals surface area (Å²) in [7, 11) is 4.33. The largest absolute Gasteiger partial charge is 0.493 e. The molecule has 0 bridgehead atoms. The van der Waals surface area contributed by atoms with E-state index >= 15 is 0 Å². The van der Waals surface area contributed by atoms with Crippen molar-refractivity contribution in [2.75, 3.05) is 21.3 Å². The van der Waals surface area contributed by atoms with Crippen LogP contribution in [0, 0.1) is 5.82 Å². The highest BCUT2D eigenvalue weighted by molar-refractivity contribution is 6.31. The number of carbonyl (C=O) groups excluding carboxylic acids is 3. The van der Waals surface area contributed by atoms with Crippen molar-refractivity contribution in [2.24, 2.45) is 0 Å². The molecule has 1 fully saturated rings. The lowest BCUT2D eigenvalue weighted by molar-refractivity contribution is -0.130. The van der Waals surface area contributed by atoms with E-state index in [1.54, 1.807) is 12.1 Å². The topological polar surface area (TPSA) is 94.2 Å². The normalized spacial score (nSPS) is 15.3. The Kier molecular flexibility index (Phi) is 6.01. The predicted octanol–water partition coefficient (Wildman–Crippen LogP) is 2.51. The van der Waals surface area contributed by atoms with Crippen LogP contribution in [0.2, 0.25) is 0 Å². The van der Waals surface area contributed by atoms with Crippen molar-refractivity contribution < 1.29 is 33.0 Å². The van der Waals surface area contributed by atoms with Crippen LogP contribution in [-0.4, -0.2) is 44.1 Å². The van der Waals surface area contributed by atoms with Crippen LogP contribution in [0.5, 0.6) is 17.2 Å². The summed E-state index contributed by atoms with van der Waals surface area (Å²) in [5.41, 5.74) is 0.714. The summed E-state index contributed by atoms with van der Waals surface area (Å²) >= 11 is 0. The summed E-state index contributed by atoms with van der Waals surface area (Å²) in [4.78, 5) is 38.2. The molecule has 156 valence electrons.